The van der Waals surface area contributed by atoms with Gasteiger partial charge >= 0.3 is 0 Å². The lowest BCUT2D eigenvalue weighted by Crippen LogP contribution is -2.27. The number of carbonyl (C=O) groups excluding carboxylic acids is 2. The minimum Gasteiger partial charge on any atom is -0.482 e. The monoisotopic (exact) mass is 500 g/mol. The van der Waals surface area contributed by atoms with Crippen LogP contribution in [0.25, 0.3) is 0 Å². The van der Waals surface area contributed by atoms with Crippen molar-refractivity contribution in [3.8, 4) is 5.75 Å². The molecule has 4 heterocycles. The second kappa shape index (κ2) is 9.16. The zero-order valence-electron chi connectivity index (χ0n) is 20.1. The van der Waals surface area contributed by atoms with Crippen LogP contribution in [-0.4, -0.2) is 38.7 Å². The van der Waals surface area contributed by atoms with Crippen LogP contribution < -0.4 is 20.9 Å². The molecule has 11 nitrogen and oxygen atoms in total. The van der Waals surface area contributed by atoms with Crippen molar-refractivity contribution in [3.63, 3.8) is 0 Å². The lowest BCUT2D eigenvalue weighted by molar-refractivity contribution is -0.118. The Balaban J connectivity index is 1.14. The summed E-state index contributed by atoms with van der Waals surface area (Å²) < 4.78 is 7.13. The Labute approximate surface area is 211 Å². The van der Waals surface area contributed by atoms with Gasteiger partial charge in [0.25, 0.3) is 17.4 Å². The summed E-state index contributed by atoms with van der Waals surface area (Å²) in [7, 11) is 0. The molecular weight excluding hydrogens is 476 g/mol. The number of amides is 2. The number of nitrogens with zero attached hydrogens (tertiary/aromatic N) is 4. The van der Waals surface area contributed by atoms with Gasteiger partial charge in [-0.15, -0.1) is 0 Å². The minimum atomic E-state index is -0.364. The first-order chi connectivity index (χ1) is 17.9. The molecule has 1 atom stereocenters. The Kier molecular flexibility index (Phi) is 5.67. The Hall–Kier alpha value is -4.54. The second-order valence-corrected chi connectivity index (χ2v) is 9.31. The van der Waals surface area contributed by atoms with Crippen molar-refractivity contribution in [2.24, 2.45) is 5.16 Å². The zero-order valence-corrected chi connectivity index (χ0v) is 20.1. The van der Waals surface area contributed by atoms with Gasteiger partial charge in [-0.3, -0.25) is 14.4 Å². The maximum atomic E-state index is 12.9. The number of oxime groups is 1. The number of hydrogen-bond donors (Lipinski definition) is 2. The molecule has 6 rings (SSSR count). The van der Waals surface area contributed by atoms with E-state index in [0.717, 1.165) is 24.0 Å². The molecule has 11 heteroatoms. The highest BCUT2D eigenvalue weighted by atomic mass is 16.6. The fourth-order valence-electron chi connectivity index (χ4n) is 4.40. The third kappa shape index (κ3) is 4.80. The van der Waals surface area contributed by atoms with Crippen LogP contribution in [0.15, 0.2) is 52.5 Å². The summed E-state index contributed by atoms with van der Waals surface area (Å²) in [5, 5.41) is 9.83. The molecule has 2 amide bonds. The number of nitrogens with one attached hydrogen (secondary N) is 2. The standard InChI is InChI=1S/C26H24N6O5/c1-14-28-18(19-10-23(37-31-19)16-3-7-25(34)32(12-16)17-4-5-17)9-21(29-14)26(35)27-11-15-2-6-22-20(8-15)30-24(33)13-36-22/h2-3,6-9,12,17,23H,4-5,10-11,13H2,1H3,(H,27,35)(H,30,33). The van der Waals surface area contributed by atoms with E-state index in [1.54, 1.807) is 41.8 Å². The van der Waals surface area contributed by atoms with Gasteiger partial charge in [-0.1, -0.05) is 11.2 Å². The van der Waals surface area contributed by atoms with E-state index in [0.29, 0.717) is 35.1 Å². The Morgan fingerprint density at radius 3 is 2.86 bits per heavy atom. The van der Waals surface area contributed by atoms with Gasteiger partial charge in [-0.05, 0) is 49.6 Å². The second-order valence-electron chi connectivity index (χ2n) is 9.31. The summed E-state index contributed by atoms with van der Waals surface area (Å²) in [4.78, 5) is 51.0. The number of benzene rings is 1. The molecule has 1 saturated carbocycles. The van der Waals surface area contributed by atoms with Crippen LogP contribution in [-0.2, 0) is 16.2 Å². The van der Waals surface area contributed by atoms with Gasteiger partial charge in [0, 0.05) is 36.8 Å². The van der Waals surface area contributed by atoms with Crippen LogP contribution in [0.3, 0.4) is 0 Å². The van der Waals surface area contributed by atoms with Gasteiger partial charge in [0.2, 0.25) is 0 Å². The molecule has 0 bridgehead atoms. The number of hydrogen-bond acceptors (Lipinski definition) is 8. The van der Waals surface area contributed by atoms with Gasteiger partial charge in [-0.25, -0.2) is 9.97 Å². The Morgan fingerprint density at radius 1 is 1.16 bits per heavy atom. The van der Waals surface area contributed by atoms with E-state index < -0.39 is 0 Å². The van der Waals surface area contributed by atoms with Gasteiger partial charge in [0.15, 0.2) is 12.7 Å². The van der Waals surface area contributed by atoms with Gasteiger partial charge in [0.1, 0.15) is 23.0 Å². The van der Waals surface area contributed by atoms with Gasteiger partial charge in [-0.2, -0.15) is 0 Å². The van der Waals surface area contributed by atoms with E-state index in [4.69, 9.17) is 9.57 Å². The lowest BCUT2D eigenvalue weighted by atomic mass is 10.0. The van der Waals surface area contributed by atoms with Crippen molar-refractivity contribution < 1.29 is 19.2 Å². The van der Waals surface area contributed by atoms with Gasteiger partial charge in [0.05, 0.1) is 11.4 Å². The van der Waals surface area contributed by atoms with E-state index in [-0.39, 0.29) is 48.4 Å². The molecule has 0 saturated heterocycles. The summed E-state index contributed by atoms with van der Waals surface area (Å²) in [5.74, 6) is 0.445. The van der Waals surface area contributed by atoms with Crippen LogP contribution in [0.4, 0.5) is 5.69 Å². The molecule has 1 aromatic carbocycles. The SMILES string of the molecule is Cc1nc(C(=O)NCc2ccc3c(c2)NC(=O)CO3)cc(C2=NOC(c3ccc(=O)n(C4CC4)c3)C2)n1. The Morgan fingerprint density at radius 2 is 2.03 bits per heavy atom. The Bertz CT molecular complexity index is 1510. The van der Waals surface area contributed by atoms with Crippen molar-refractivity contribution in [3.05, 3.63) is 81.3 Å². The maximum Gasteiger partial charge on any atom is 0.270 e. The van der Waals surface area contributed by atoms with Crippen LogP contribution in [0.5, 0.6) is 5.75 Å². The minimum absolute atomic E-state index is 0.0115. The highest BCUT2D eigenvalue weighted by molar-refractivity contribution is 6.02. The molecule has 2 aromatic heterocycles. The molecular formula is C26H24N6O5. The fourth-order valence-corrected chi connectivity index (χ4v) is 4.40. The molecule has 2 N–H and O–H groups in total. The number of ether oxygens (including phenoxy) is 1. The van der Waals surface area contributed by atoms with E-state index in [1.807, 2.05) is 12.3 Å². The first-order valence-electron chi connectivity index (χ1n) is 12.1. The first kappa shape index (κ1) is 22.9. The highest BCUT2D eigenvalue weighted by Crippen LogP contribution is 2.35. The fraction of sp³-hybridized carbons (Fsp3) is 0.308. The predicted octanol–water partition coefficient (Wildman–Crippen LogP) is 2.41. The first-order valence-corrected chi connectivity index (χ1v) is 12.1. The average molecular weight is 501 g/mol. The molecule has 37 heavy (non-hydrogen) atoms. The van der Waals surface area contributed by atoms with Gasteiger partial charge < -0.3 is 24.8 Å². The van der Waals surface area contributed by atoms with Crippen molar-refractivity contribution in [1.29, 1.82) is 0 Å². The van der Waals surface area contributed by atoms with E-state index in [9.17, 15) is 14.4 Å². The lowest BCUT2D eigenvalue weighted by Gasteiger charge is -2.18. The number of anilines is 1. The smallest absolute Gasteiger partial charge is 0.270 e. The zero-order chi connectivity index (χ0) is 25.5. The van der Waals surface area contributed by atoms with E-state index >= 15 is 0 Å². The van der Waals surface area contributed by atoms with Crippen LogP contribution in [0.1, 0.15) is 64.5 Å². The van der Waals surface area contributed by atoms with Crippen molar-refractivity contribution in [1.82, 2.24) is 19.9 Å². The number of rotatable bonds is 6. The van der Waals surface area contributed by atoms with Crippen LogP contribution in [0, 0.1) is 6.92 Å². The number of carbonyl (C=O) groups is 2. The van der Waals surface area contributed by atoms with Crippen molar-refractivity contribution >= 4 is 23.2 Å². The molecule has 0 spiro atoms. The molecule has 2 aliphatic heterocycles. The van der Waals surface area contributed by atoms with E-state index in [2.05, 4.69) is 25.8 Å². The predicted molar refractivity (Wildman–Crippen MR) is 132 cm³/mol. The summed E-state index contributed by atoms with van der Waals surface area (Å²) >= 11 is 0. The van der Waals surface area contributed by atoms with Crippen LogP contribution >= 0.6 is 0 Å². The summed E-state index contributed by atoms with van der Waals surface area (Å²) in [6.07, 6.45) is 4.01. The number of aromatic nitrogens is 3. The number of aryl methyl sites for hydroxylation is 1. The third-order valence-corrected chi connectivity index (χ3v) is 6.44. The molecule has 1 aliphatic carbocycles. The van der Waals surface area contributed by atoms with Crippen molar-refractivity contribution in [2.45, 2.75) is 44.9 Å². The molecule has 0 radical (unpaired) electrons. The largest absolute Gasteiger partial charge is 0.482 e. The summed E-state index contributed by atoms with van der Waals surface area (Å²) in [6, 6.07) is 10.5. The average Bonchev–Trinajstić information content (AvgIpc) is 3.62. The highest BCUT2D eigenvalue weighted by Gasteiger charge is 2.29. The molecule has 1 fully saturated rings. The normalized spacial score (nSPS) is 18.2. The maximum absolute atomic E-state index is 12.9. The molecule has 3 aromatic rings. The number of pyridine rings is 1. The van der Waals surface area contributed by atoms with Crippen LogP contribution in [0.2, 0.25) is 0 Å². The quantitative estimate of drug-likeness (QED) is 0.530. The number of fused-ring (bicyclic) bond motifs is 1. The third-order valence-electron chi connectivity index (χ3n) is 6.44. The molecule has 188 valence electrons. The van der Waals surface area contributed by atoms with Crippen molar-refractivity contribution in [2.75, 3.05) is 11.9 Å². The molecule has 1 unspecified atom stereocenters. The summed E-state index contributed by atoms with van der Waals surface area (Å²) in [5.41, 5.74) is 3.58. The topological polar surface area (TPSA) is 137 Å². The summed E-state index contributed by atoms with van der Waals surface area (Å²) in [6.45, 7) is 1.94. The van der Waals surface area contributed by atoms with E-state index in [1.165, 1.54) is 0 Å². The molecule has 3 aliphatic rings.